The fraction of sp³-hybridized carbons (Fsp3) is 0.200. The highest BCUT2D eigenvalue weighted by atomic mass is 35.5. The highest BCUT2D eigenvalue weighted by molar-refractivity contribution is 7.48. The summed E-state index contributed by atoms with van der Waals surface area (Å²) in [6, 6.07) is 2.91. The zero-order chi connectivity index (χ0) is 14.6. The van der Waals surface area contributed by atoms with Crippen molar-refractivity contribution in [2.45, 2.75) is 0 Å². The number of benzene rings is 1. The highest BCUT2D eigenvalue weighted by Crippen LogP contribution is 2.52. The summed E-state index contributed by atoms with van der Waals surface area (Å²) in [5.41, 5.74) is 1.29. The maximum absolute atomic E-state index is 11.9. The van der Waals surface area contributed by atoms with Gasteiger partial charge in [0.2, 0.25) is 0 Å². The first-order valence-corrected chi connectivity index (χ1v) is 7.76. The van der Waals surface area contributed by atoms with Crippen LogP contribution in [0.4, 0.5) is 0 Å². The minimum atomic E-state index is -3.77. The van der Waals surface area contributed by atoms with Gasteiger partial charge in [0.15, 0.2) is 5.76 Å². The largest absolute Gasteiger partial charge is 0.529 e. The lowest BCUT2D eigenvalue weighted by atomic mass is 10.2. The van der Waals surface area contributed by atoms with Crippen molar-refractivity contribution < 1.29 is 18.1 Å². The van der Waals surface area contributed by atoms with E-state index in [9.17, 15) is 4.57 Å². The summed E-state index contributed by atoms with van der Waals surface area (Å²) in [7, 11) is -1.43. The lowest BCUT2D eigenvalue weighted by molar-refractivity contribution is 0.201. The van der Waals surface area contributed by atoms with Crippen molar-refractivity contribution >= 4 is 60.0 Å². The molecule has 0 heterocycles. The van der Waals surface area contributed by atoms with Crippen LogP contribution in [-0.4, -0.2) is 14.2 Å². The Labute approximate surface area is 130 Å². The predicted octanol–water partition coefficient (Wildman–Crippen LogP) is 5.60. The molecule has 19 heavy (non-hydrogen) atoms. The van der Waals surface area contributed by atoms with Crippen molar-refractivity contribution in [1.29, 1.82) is 0 Å². The van der Waals surface area contributed by atoms with Crippen molar-refractivity contribution in [1.82, 2.24) is 0 Å². The molecule has 0 N–H and O–H groups in total. The van der Waals surface area contributed by atoms with E-state index < -0.39 is 7.82 Å². The molecule has 0 saturated carbocycles. The van der Waals surface area contributed by atoms with E-state index in [1.165, 1.54) is 26.4 Å². The smallest absolute Gasteiger partial charge is 0.402 e. The Kier molecular flexibility index (Phi) is 6.48. The third kappa shape index (κ3) is 4.27. The molecular formula is C10H9Cl4O4P. The molecule has 0 aliphatic heterocycles. The summed E-state index contributed by atoms with van der Waals surface area (Å²) >= 11 is 23.4. The van der Waals surface area contributed by atoms with Gasteiger partial charge in [0.05, 0.1) is 10.0 Å². The molecule has 0 atom stereocenters. The van der Waals surface area contributed by atoms with Gasteiger partial charge >= 0.3 is 7.82 Å². The molecule has 0 unspecified atom stereocenters. The van der Waals surface area contributed by atoms with E-state index in [1.54, 1.807) is 0 Å². The van der Waals surface area contributed by atoms with Crippen LogP contribution in [0.25, 0.3) is 5.76 Å². The number of rotatable bonds is 5. The summed E-state index contributed by atoms with van der Waals surface area (Å²) < 4.78 is 26.3. The minimum absolute atomic E-state index is 0.0388. The summed E-state index contributed by atoms with van der Waals surface area (Å²) in [5.74, 6) is -0.0388. The molecule has 0 fully saturated rings. The second-order valence-electron chi connectivity index (χ2n) is 3.13. The second kappa shape index (κ2) is 7.19. The number of hydrogen-bond donors (Lipinski definition) is 0. The van der Waals surface area contributed by atoms with Crippen LogP contribution in [0.15, 0.2) is 17.7 Å². The van der Waals surface area contributed by atoms with E-state index in [-0.39, 0.29) is 21.4 Å². The number of phosphoric ester groups is 1. The van der Waals surface area contributed by atoms with E-state index in [1.807, 2.05) is 0 Å². The van der Waals surface area contributed by atoms with Gasteiger partial charge in [0, 0.05) is 30.3 Å². The van der Waals surface area contributed by atoms with Gasteiger partial charge < -0.3 is 4.52 Å². The Morgan fingerprint density at radius 3 is 2.26 bits per heavy atom. The van der Waals surface area contributed by atoms with Crippen LogP contribution in [-0.2, 0) is 18.1 Å². The maximum Gasteiger partial charge on any atom is 0.529 e. The van der Waals surface area contributed by atoms with Crippen molar-refractivity contribution in [3.05, 3.63) is 38.3 Å². The van der Waals surface area contributed by atoms with Crippen LogP contribution < -0.4 is 0 Å². The molecule has 0 radical (unpaired) electrons. The number of halogens is 4. The van der Waals surface area contributed by atoms with E-state index in [0.29, 0.717) is 5.02 Å². The first-order valence-electron chi connectivity index (χ1n) is 4.73. The average Bonchev–Trinajstić information content (AvgIpc) is 2.40. The molecule has 0 spiro atoms. The summed E-state index contributed by atoms with van der Waals surface area (Å²) in [4.78, 5) is 0. The maximum atomic E-state index is 11.9. The van der Waals surface area contributed by atoms with Gasteiger partial charge in [-0.15, -0.1) is 0 Å². The molecule has 1 aromatic carbocycles. The van der Waals surface area contributed by atoms with E-state index in [2.05, 4.69) is 9.05 Å². The Bertz CT molecular complexity index is 539. The monoisotopic (exact) mass is 364 g/mol. The first kappa shape index (κ1) is 17.1. The summed E-state index contributed by atoms with van der Waals surface area (Å²) in [6.45, 7) is 0. The minimum Gasteiger partial charge on any atom is -0.402 e. The molecule has 0 saturated heterocycles. The molecule has 0 aromatic heterocycles. The van der Waals surface area contributed by atoms with Gasteiger partial charge in [-0.25, -0.2) is 4.57 Å². The summed E-state index contributed by atoms with van der Waals surface area (Å²) in [5, 5.41) is 0.666. The third-order valence-corrected chi connectivity index (χ3v) is 4.55. The fourth-order valence-electron chi connectivity index (χ4n) is 1.13. The van der Waals surface area contributed by atoms with Crippen LogP contribution in [0.2, 0.25) is 15.1 Å². The lowest BCUT2D eigenvalue weighted by Gasteiger charge is -2.17. The second-order valence-corrected chi connectivity index (χ2v) is 6.37. The molecule has 1 rings (SSSR count). The van der Waals surface area contributed by atoms with Crippen LogP contribution in [0.1, 0.15) is 5.56 Å². The SMILES string of the molecule is COP(=O)(OC)OC(=CCl)c1cc(Cl)cc(Cl)c1Cl. The van der Waals surface area contributed by atoms with Crippen molar-refractivity contribution in [2.75, 3.05) is 14.2 Å². The fourth-order valence-corrected chi connectivity index (χ4v) is 2.74. The van der Waals surface area contributed by atoms with Crippen molar-refractivity contribution in [2.24, 2.45) is 0 Å². The van der Waals surface area contributed by atoms with Crippen molar-refractivity contribution in [3.63, 3.8) is 0 Å². The topological polar surface area (TPSA) is 44.8 Å². The van der Waals surface area contributed by atoms with Gasteiger partial charge in [-0.2, -0.15) is 0 Å². The highest BCUT2D eigenvalue weighted by Gasteiger charge is 2.27. The molecule has 0 aliphatic rings. The Balaban J connectivity index is 3.23. The molecule has 4 nitrogen and oxygen atoms in total. The molecule has 0 amide bonds. The van der Waals surface area contributed by atoms with Gasteiger partial charge in [-0.3, -0.25) is 9.05 Å². The van der Waals surface area contributed by atoms with Gasteiger partial charge in [0.25, 0.3) is 0 Å². The Morgan fingerprint density at radius 2 is 1.79 bits per heavy atom. The molecular weight excluding hydrogens is 357 g/mol. The lowest BCUT2D eigenvalue weighted by Crippen LogP contribution is -1.96. The van der Waals surface area contributed by atoms with E-state index in [4.69, 9.17) is 50.9 Å². The number of phosphoric acid groups is 1. The quantitative estimate of drug-likeness (QED) is 0.387. The zero-order valence-corrected chi connectivity index (χ0v) is 13.7. The Hall–Kier alpha value is 0.0700. The zero-order valence-electron chi connectivity index (χ0n) is 9.82. The molecule has 0 aliphatic carbocycles. The van der Waals surface area contributed by atoms with Gasteiger partial charge in [-0.05, 0) is 12.1 Å². The van der Waals surface area contributed by atoms with E-state index in [0.717, 1.165) is 5.54 Å². The summed E-state index contributed by atoms with van der Waals surface area (Å²) in [6.07, 6.45) is 0. The predicted molar refractivity (Wildman–Crippen MR) is 78.0 cm³/mol. The molecule has 9 heteroatoms. The van der Waals surface area contributed by atoms with Gasteiger partial charge in [0.1, 0.15) is 0 Å². The van der Waals surface area contributed by atoms with Gasteiger partial charge in [-0.1, -0.05) is 46.4 Å². The standard InChI is InChI=1S/C10H9Cl4O4P/c1-16-19(15,17-2)18-9(5-11)7-3-6(12)4-8(13)10(7)14/h3-5H,1-2H3. The Morgan fingerprint density at radius 1 is 1.21 bits per heavy atom. The van der Waals surface area contributed by atoms with Crippen LogP contribution >= 0.6 is 54.2 Å². The third-order valence-electron chi connectivity index (χ3n) is 2.01. The van der Waals surface area contributed by atoms with Crippen LogP contribution in [0, 0.1) is 0 Å². The van der Waals surface area contributed by atoms with Crippen LogP contribution in [0.3, 0.4) is 0 Å². The van der Waals surface area contributed by atoms with Crippen LogP contribution in [0.5, 0.6) is 0 Å². The number of hydrogen-bond acceptors (Lipinski definition) is 4. The van der Waals surface area contributed by atoms with E-state index >= 15 is 0 Å². The average molecular weight is 366 g/mol. The molecule has 0 bridgehead atoms. The first-order chi connectivity index (χ1) is 8.86. The molecule has 1 aromatic rings. The molecule has 106 valence electrons. The normalized spacial score (nSPS) is 12.6. The van der Waals surface area contributed by atoms with Crippen molar-refractivity contribution in [3.8, 4) is 0 Å².